The third-order valence-corrected chi connectivity index (χ3v) is 3.91. The number of nitrogens with one attached hydrogen (secondary N) is 3. The molecule has 24 heavy (non-hydrogen) atoms. The summed E-state index contributed by atoms with van der Waals surface area (Å²) >= 11 is 0. The molecule has 1 aromatic carbocycles. The Balaban J connectivity index is 2.01. The fourth-order valence-electron chi connectivity index (χ4n) is 3.45. The Hall–Kier alpha value is -2.02. The van der Waals surface area contributed by atoms with E-state index in [4.69, 9.17) is 0 Å². The van der Waals surface area contributed by atoms with Crippen LogP contribution >= 0.6 is 0 Å². The minimum atomic E-state index is -1.02. The molecule has 7 heteroatoms. The van der Waals surface area contributed by atoms with Crippen LogP contribution in [0.2, 0.25) is 0 Å². The third kappa shape index (κ3) is 4.74. The summed E-state index contributed by atoms with van der Waals surface area (Å²) in [6.45, 7) is 8.09. The number of rotatable bonds is 2. The maximum Gasteiger partial charge on any atom is 0.313 e. The highest BCUT2D eigenvalue weighted by Crippen LogP contribution is 2.28. The van der Waals surface area contributed by atoms with E-state index in [0.717, 1.165) is 18.2 Å². The van der Waals surface area contributed by atoms with Gasteiger partial charge in [0.2, 0.25) is 0 Å². The Labute approximate surface area is 140 Å². The lowest BCUT2D eigenvalue weighted by molar-refractivity contribution is -0.137. The van der Waals surface area contributed by atoms with Crippen molar-refractivity contribution in [3.8, 4) is 0 Å². The number of carbonyl (C=O) groups is 2. The lowest BCUT2D eigenvalue weighted by Gasteiger charge is -2.46. The van der Waals surface area contributed by atoms with Gasteiger partial charge in [-0.1, -0.05) is 0 Å². The van der Waals surface area contributed by atoms with Gasteiger partial charge in [-0.3, -0.25) is 9.59 Å². The number of amides is 2. The topological polar surface area (TPSA) is 70.2 Å². The molecule has 1 saturated heterocycles. The first kappa shape index (κ1) is 18.3. The van der Waals surface area contributed by atoms with Gasteiger partial charge in [0.1, 0.15) is 11.6 Å². The fourth-order valence-corrected chi connectivity index (χ4v) is 3.45. The monoisotopic (exact) mass is 339 g/mol. The van der Waals surface area contributed by atoms with Crippen LogP contribution in [0.5, 0.6) is 0 Å². The van der Waals surface area contributed by atoms with Crippen LogP contribution in [0.4, 0.5) is 14.5 Å². The minimum Gasteiger partial charge on any atom is -0.345 e. The zero-order valence-corrected chi connectivity index (χ0v) is 14.3. The predicted molar refractivity (Wildman–Crippen MR) is 87.4 cm³/mol. The quantitative estimate of drug-likeness (QED) is 0.724. The molecule has 5 nitrogen and oxygen atoms in total. The van der Waals surface area contributed by atoms with Gasteiger partial charge in [-0.15, -0.1) is 0 Å². The highest BCUT2D eigenvalue weighted by Gasteiger charge is 2.38. The Morgan fingerprint density at radius 1 is 1.08 bits per heavy atom. The van der Waals surface area contributed by atoms with Crippen molar-refractivity contribution in [1.29, 1.82) is 0 Å². The Bertz CT molecular complexity index is 643. The summed E-state index contributed by atoms with van der Waals surface area (Å²) in [5.41, 5.74) is -0.739. The Kier molecular flexibility index (Phi) is 4.94. The van der Waals surface area contributed by atoms with Gasteiger partial charge in [-0.05, 0) is 52.7 Å². The minimum absolute atomic E-state index is 0.188. The number of carbonyl (C=O) groups excluding carboxylic acids is 2. The summed E-state index contributed by atoms with van der Waals surface area (Å²) < 4.78 is 26.7. The molecule has 1 fully saturated rings. The summed E-state index contributed by atoms with van der Waals surface area (Å²) in [6.07, 6.45) is 1.31. The van der Waals surface area contributed by atoms with Crippen LogP contribution in [0, 0.1) is 11.6 Å². The number of piperidine rings is 1. The van der Waals surface area contributed by atoms with Gasteiger partial charge < -0.3 is 16.0 Å². The van der Waals surface area contributed by atoms with Gasteiger partial charge in [-0.25, -0.2) is 8.78 Å². The highest BCUT2D eigenvalue weighted by molar-refractivity contribution is 6.39. The van der Waals surface area contributed by atoms with Gasteiger partial charge in [0.25, 0.3) is 0 Å². The Morgan fingerprint density at radius 3 is 2.25 bits per heavy atom. The average molecular weight is 339 g/mol. The zero-order valence-electron chi connectivity index (χ0n) is 14.3. The molecule has 1 aliphatic rings. The van der Waals surface area contributed by atoms with Crippen molar-refractivity contribution < 1.29 is 18.4 Å². The molecule has 3 N–H and O–H groups in total. The van der Waals surface area contributed by atoms with E-state index in [-0.39, 0.29) is 22.8 Å². The van der Waals surface area contributed by atoms with Gasteiger partial charge in [-0.2, -0.15) is 0 Å². The van der Waals surface area contributed by atoms with Crippen LogP contribution in [-0.4, -0.2) is 28.9 Å². The molecule has 1 aromatic rings. The first-order chi connectivity index (χ1) is 11.0. The van der Waals surface area contributed by atoms with Gasteiger partial charge in [0.15, 0.2) is 0 Å². The number of halogens is 2. The van der Waals surface area contributed by atoms with Gasteiger partial charge in [0, 0.05) is 23.2 Å². The molecule has 2 rings (SSSR count). The number of anilines is 1. The van der Waals surface area contributed by atoms with Crippen LogP contribution in [0.1, 0.15) is 40.5 Å². The first-order valence-corrected chi connectivity index (χ1v) is 7.84. The molecule has 1 heterocycles. The second-order valence-electron chi connectivity index (χ2n) is 7.55. The van der Waals surface area contributed by atoms with E-state index in [9.17, 15) is 18.4 Å². The van der Waals surface area contributed by atoms with Gasteiger partial charge >= 0.3 is 11.8 Å². The van der Waals surface area contributed by atoms with E-state index >= 15 is 0 Å². The molecule has 0 unspecified atom stereocenters. The first-order valence-electron chi connectivity index (χ1n) is 7.84. The SMILES string of the molecule is CC1(C)CC(NC(=O)C(=O)Nc2cc(F)ccc2F)CC(C)(C)N1. The van der Waals surface area contributed by atoms with Crippen LogP contribution in [0.3, 0.4) is 0 Å². The molecule has 0 aromatic heterocycles. The molecular weight excluding hydrogens is 316 g/mol. The summed E-state index contributed by atoms with van der Waals surface area (Å²) in [5.74, 6) is -3.39. The van der Waals surface area contributed by atoms with Crippen molar-refractivity contribution in [3.63, 3.8) is 0 Å². The second-order valence-corrected chi connectivity index (χ2v) is 7.55. The van der Waals surface area contributed by atoms with E-state index in [1.807, 2.05) is 27.7 Å². The van der Waals surface area contributed by atoms with Crippen molar-refractivity contribution in [2.75, 3.05) is 5.32 Å². The van der Waals surface area contributed by atoms with Crippen molar-refractivity contribution in [2.24, 2.45) is 0 Å². The molecule has 0 aliphatic carbocycles. The fraction of sp³-hybridized carbons (Fsp3) is 0.529. The van der Waals surface area contributed by atoms with E-state index in [1.54, 1.807) is 0 Å². The van der Waals surface area contributed by atoms with Crippen molar-refractivity contribution in [2.45, 2.75) is 57.7 Å². The molecule has 0 spiro atoms. The van der Waals surface area contributed by atoms with Crippen molar-refractivity contribution >= 4 is 17.5 Å². The highest BCUT2D eigenvalue weighted by atomic mass is 19.1. The van der Waals surface area contributed by atoms with E-state index in [1.165, 1.54) is 0 Å². The van der Waals surface area contributed by atoms with Crippen LogP contribution in [0.25, 0.3) is 0 Å². The lowest BCUT2D eigenvalue weighted by Crippen LogP contribution is -2.62. The maximum atomic E-state index is 13.5. The average Bonchev–Trinajstić information content (AvgIpc) is 2.39. The van der Waals surface area contributed by atoms with E-state index in [0.29, 0.717) is 12.8 Å². The van der Waals surface area contributed by atoms with E-state index in [2.05, 4.69) is 16.0 Å². The number of benzene rings is 1. The normalized spacial score (nSPS) is 19.6. The lowest BCUT2D eigenvalue weighted by atomic mass is 9.79. The van der Waals surface area contributed by atoms with Crippen LogP contribution < -0.4 is 16.0 Å². The van der Waals surface area contributed by atoms with Crippen molar-refractivity contribution in [3.05, 3.63) is 29.8 Å². The second kappa shape index (κ2) is 6.47. The molecule has 132 valence electrons. The van der Waals surface area contributed by atoms with Crippen LogP contribution in [-0.2, 0) is 9.59 Å². The van der Waals surface area contributed by atoms with Gasteiger partial charge in [0.05, 0.1) is 5.69 Å². The molecule has 1 aliphatic heterocycles. The summed E-state index contributed by atoms with van der Waals surface area (Å²) in [5, 5.41) is 8.25. The largest absolute Gasteiger partial charge is 0.345 e. The number of hydrogen-bond acceptors (Lipinski definition) is 3. The molecule has 0 saturated carbocycles. The maximum absolute atomic E-state index is 13.5. The Morgan fingerprint density at radius 2 is 1.67 bits per heavy atom. The molecule has 0 bridgehead atoms. The zero-order chi connectivity index (χ0) is 18.1. The van der Waals surface area contributed by atoms with E-state index < -0.39 is 23.4 Å². The van der Waals surface area contributed by atoms with Crippen LogP contribution in [0.15, 0.2) is 18.2 Å². The summed E-state index contributed by atoms with van der Waals surface area (Å²) in [6, 6.07) is 2.47. The predicted octanol–water partition coefficient (Wildman–Crippen LogP) is 2.33. The molecule has 2 amide bonds. The summed E-state index contributed by atoms with van der Waals surface area (Å²) in [4.78, 5) is 24.0. The molecule has 0 atom stereocenters. The number of hydrogen-bond donors (Lipinski definition) is 3. The molecular formula is C17H23F2N3O2. The standard InChI is InChI=1S/C17H23F2N3O2/c1-16(2)8-11(9-17(3,4)22-16)20-14(23)15(24)21-13-7-10(18)5-6-12(13)19/h5-7,11,22H,8-9H2,1-4H3,(H,20,23)(H,21,24). The summed E-state index contributed by atoms with van der Waals surface area (Å²) in [7, 11) is 0. The third-order valence-electron chi connectivity index (χ3n) is 3.91. The molecule has 0 radical (unpaired) electrons. The smallest absolute Gasteiger partial charge is 0.313 e. The van der Waals surface area contributed by atoms with Crippen molar-refractivity contribution in [1.82, 2.24) is 10.6 Å².